The Labute approximate surface area is 193 Å². The van der Waals surface area contributed by atoms with Gasteiger partial charge in [0, 0.05) is 12.6 Å². The molecule has 1 heterocycles. The van der Waals surface area contributed by atoms with Crippen molar-refractivity contribution < 1.29 is 36.6 Å². The van der Waals surface area contributed by atoms with Gasteiger partial charge in [-0.3, -0.25) is 9.36 Å². The molecule has 182 valence electrons. The molecule has 0 fully saturated rings. The zero-order chi connectivity index (χ0) is 25.2. The van der Waals surface area contributed by atoms with E-state index < -0.39 is 65.3 Å². The van der Waals surface area contributed by atoms with Crippen molar-refractivity contribution in [1.29, 1.82) is 0 Å². The third-order valence-electron chi connectivity index (χ3n) is 4.51. The van der Waals surface area contributed by atoms with Crippen LogP contribution in [0.4, 0.5) is 27.6 Å². The van der Waals surface area contributed by atoms with Gasteiger partial charge in [-0.25, -0.2) is 13.6 Å². The zero-order valence-corrected chi connectivity index (χ0v) is 18.0. The number of aliphatic hydroxyl groups excluding tert-OH is 1. The number of rotatable bonds is 7. The fourth-order valence-corrected chi connectivity index (χ4v) is 3.20. The maximum absolute atomic E-state index is 14.9. The number of nitrogens with zero attached hydrogens (tertiary/aromatic N) is 3. The fourth-order valence-electron chi connectivity index (χ4n) is 2.99. The second-order valence-electron chi connectivity index (χ2n) is 6.77. The van der Waals surface area contributed by atoms with Crippen molar-refractivity contribution in [2.75, 3.05) is 11.9 Å². The van der Waals surface area contributed by atoms with Crippen molar-refractivity contribution in [3.8, 4) is 11.4 Å². The molecular formula is C20H16ClF5N4O4. The van der Waals surface area contributed by atoms with Crippen LogP contribution in [0.25, 0.3) is 5.69 Å². The summed E-state index contributed by atoms with van der Waals surface area (Å²) in [6.07, 6.45) is -4.82. The van der Waals surface area contributed by atoms with Crippen molar-refractivity contribution in [2.24, 2.45) is 0 Å². The minimum absolute atomic E-state index is 0.0671. The van der Waals surface area contributed by atoms with Crippen molar-refractivity contribution in [2.45, 2.75) is 26.3 Å². The Morgan fingerprint density at radius 1 is 1.24 bits per heavy atom. The lowest BCUT2D eigenvalue weighted by Gasteiger charge is -2.16. The molecule has 0 saturated heterocycles. The predicted molar refractivity (Wildman–Crippen MR) is 110 cm³/mol. The van der Waals surface area contributed by atoms with Crippen LogP contribution in [-0.2, 0) is 13.2 Å². The van der Waals surface area contributed by atoms with Crippen LogP contribution in [0.3, 0.4) is 0 Å². The second-order valence-corrected chi connectivity index (χ2v) is 7.17. The summed E-state index contributed by atoms with van der Waals surface area (Å²) in [6, 6.07) is 4.67. The number of carbonyl (C=O) groups is 1. The van der Waals surface area contributed by atoms with Crippen molar-refractivity contribution in [1.82, 2.24) is 14.3 Å². The Morgan fingerprint density at radius 2 is 1.94 bits per heavy atom. The van der Waals surface area contributed by atoms with Crippen LogP contribution in [0.2, 0.25) is 5.02 Å². The number of nitrogens with one attached hydrogen (secondary N) is 1. The molecule has 8 nitrogen and oxygen atoms in total. The first-order valence-electron chi connectivity index (χ1n) is 9.55. The van der Waals surface area contributed by atoms with Crippen LogP contribution in [0, 0.1) is 11.6 Å². The number of ether oxygens (including phenoxy) is 1. The Morgan fingerprint density at radius 3 is 2.50 bits per heavy atom. The molecule has 3 aromatic rings. The Bertz CT molecular complexity index is 1270. The van der Waals surface area contributed by atoms with Crippen LogP contribution in [0.5, 0.6) is 5.75 Å². The lowest BCUT2D eigenvalue weighted by atomic mass is 10.1. The number of para-hydroxylation sites is 1. The maximum atomic E-state index is 14.9. The van der Waals surface area contributed by atoms with Gasteiger partial charge in [0.2, 0.25) is 0 Å². The first-order chi connectivity index (χ1) is 16.0. The number of carbonyl (C=O) groups excluding carboxylic acids is 1. The highest BCUT2D eigenvalue weighted by Crippen LogP contribution is 2.30. The molecule has 0 radical (unpaired) electrons. The van der Waals surface area contributed by atoms with E-state index in [1.165, 1.54) is 12.1 Å². The largest absolute Gasteiger partial charge is 0.483 e. The van der Waals surface area contributed by atoms with Crippen LogP contribution in [0.15, 0.2) is 35.1 Å². The topological polar surface area (TPSA) is 98.4 Å². The maximum Gasteiger partial charge on any atom is 0.422 e. The summed E-state index contributed by atoms with van der Waals surface area (Å²) in [7, 11) is 0. The number of amides is 1. The van der Waals surface area contributed by atoms with Crippen LogP contribution in [0.1, 0.15) is 23.1 Å². The Hall–Kier alpha value is -3.45. The normalized spacial score (nSPS) is 11.5. The van der Waals surface area contributed by atoms with E-state index in [9.17, 15) is 36.6 Å². The first-order valence-corrected chi connectivity index (χ1v) is 9.93. The van der Waals surface area contributed by atoms with E-state index in [0.29, 0.717) is 16.8 Å². The molecular weight excluding hydrogens is 491 g/mol. The van der Waals surface area contributed by atoms with Gasteiger partial charge in [0.05, 0.1) is 16.3 Å². The molecule has 14 heteroatoms. The van der Waals surface area contributed by atoms with Crippen LogP contribution >= 0.6 is 11.6 Å². The van der Waals surface area contributed by atoms with Crippen molar-refractivity contribution >= 4 is 23.2 Å². The standard InChI is InChI=1S/C20H16ClF5N4O4/c1-2-29-16(8-31)28-30(19(29)33)14-7-15(34-9-20(24,25)26)10(6-13(14)23)18(32)27-17-11(21)4-3-5-12(17)22/h3-7,31H,2,8-9H2,1H3,(H,27,32). The van der Waals surface area contributed by atoms with Gasteiger partial charge in [-0.1, -0.05) is 17.7 Å². The smallest absolute Gasteiger partial charge is 0.422 e. The number of alkyl halides is 3. The summed E-state index contributed by atoms with van der Waals surface area (Å²) in [5, 5.41) is 15.0. The number of anilines is 1. The number of halogens is 6. The molecule has 0 bridgehead atoms. The molecule has 0 spiro atoms. The minimum Gasteiger partial charge on any atom is -0.483 e. The highest BCUT2D eigenvalue weighted by Gasteiger charge is 2.30. The predicted octanol–water partition coefficient (Wildman–Crippen LogP) is 3.67. The number of aliphatic hydroxyl groups is 1. The number of hydrogen-bond acceptors (Lipinski definition) is 5. The van der Waals surface area contributed by atoms with E-state index in [4.69, 9.17) is 11.6 Å². The van der Waals surface area contributed by atoms with Gasteiger partial charge in [-0.05, 0) is 25.1 Å². The molecule has 0 aliphatic rings. The van der Waals surface area contributed by atoms with Gasteiger partial charge in [0.25, 0.3) is 5.91 Å². The third-order valence-corrected chi connectivity index (χ3v) is 4.83. The van der Waals surface area contributed by atoms with Gasteiger partial charge in [-0.2, -0.15) is 17.9 Å². The highest BCUT2D eigenvalue weighted by molar-refractivity contribution is 6.34. The monoisotopic (exact) mass is 506 g/mol. The number of benzene rings is 2. The molecule has 0 saturated carbocycles. The first kappa shape index (κ1) is 25.2. The molecule has 1 aromatic heterocycles. The molecule has 1 amide bonds. The second kappa shape index (κ2) is 9.81. The van der Waals surface area contributed by atoms with Gasteiger partial charge in [0.1, 0.15) is 29.7 Å². The van der Waals surface area contributed by atoms with E-state index in [2.05, 4.69) is 15.2 Å². The minimum atomic E-state index is -4.82. The molecule has 2 N–H and O–H groups in total. The lowest BCUT2D eigenvalue weighted by Crippen LogP contribution is -2.25. The lowest BCUT2D eigenvalue weighted by molar-refractivity contribution is -0.153. The number of aromatic nitrogens is 3. The summed E-state index contributed by atoms with van der Waals surface area (Å²) in [4.78, 5) is 25.2. The third kappa shape index (κ3) is 5.20. The molecule has 34 heavy (non-hydrogen) atoms. The summed E-state index contributed by atoms with van der Waals surface area (Å²) in [5.41, 5.74) is -2.73. The van der Waals surface area contributed by atoms with E-state index >= 15 is 0 Å². The van der Waals surface area contributed by atoms with E-state index in [1.54, 1.807) is 6.92 Å². The highest BCUT2D eigenvalue weighted by atomic mass is 35.5. The molecule has 3 rings (SSSR count). The summed E-state index contributed by atoms with van der Waals surface area (Å²) in [6.45, 7) is -0.891. The molecule has 0 unspecified atom stereocenters. The summed E-state index contributed by atoms with van der Waals surface area (Å²) < 4.78 is 73.5. The quantitative estimate of drug-likeness (QED) is 0.477. The van der Waals surface area contributed by atoms with Gasteiger partial charge < -0.3 is 15.2 Å². The Kier molecular flexibility index (Phi) is 7.26. The van der Waals surface area contributed by atoms with E-state index in [-0.39, 0.29) is 17.4 Å². The SMILES string of the molecule is CCn1c(CO)nn(-c2cc(OCC(F)(F)F)c(C(=O)Nc3c(F)cccc3Cl)cc2F)c1=O. The molecule has 0 atom stereocenters. The van der Waals surface area contributed by atoms with Gasteiger partial charge in [0.15, 0.2) is 12.4 Å². The van der Waals surface area contributed by atoms with Crippen molar-refractivity contribution in [3.05, 3.63) is 68.9 Å². The average Bonchev–Trinajstić information content (AvgIpc) is 3.09. The van der Waals surface area contributed by atoms with Crippen LogP contribution < -0.4 is 15.7 Å². The fraction of sp³-hybridized carbons (Fsp3) is 0.250. The van der Waals surface area contributed by atoms with Gasteiger partial charge >= 0.3 is 11.9 Å². The molecule has 0 aliphatic heterocycles. The average molecular weight is 507 g/mol. The Balaban J connectivity index is 2.12. The van der Waals surface area contributed by atoms with Gasteiger partial charge in [-0.15, -0.1) is 5.10 Å². The van der Waals surface area contributed by atoms with E-state index in [1.807, 2.05) is 0 Å². The van der Waals surface area contributed by atoms with Crippen molar-refractivity contribution in [3.63, 3.8) is 0 Å². The summed E-state index contributed by atoms with van der Waals surface area (Å²) in [5.74, 6) is -4.28. The molecule has 0 aliphatic carbocycles. The number of hydrogen-bond donors (Lipinski definition) is 2. The summed E-state index contributed by atoms with van der Waals surface area (Å²) >= 11 is 5.84. The zero-order valence-electron chi connectivity index (χ0n) is 17.3. The van der Waals surface area contributed by atoms with E-state index in [0.717, 1.165) is 10.6 Å². The van der Waals surface area contributed by atoms with Crippen LogP contribution in [-0.4, -0.2) is 38.1 Å². The molecule has 2 aromatic carbocycles.